The predicted molar refractivity (Wildman–Crippen MR) is 233 cm³/mol. The van der Waals surface area contributed by atoms with Crippen molar-refractivity contribution in [3.63, 3.8) is 0 Å². The van der Waals surface area contributed by atoms with Gasteiger partial charge < -0.3 is 14.2 Å². The van der Waals surface area contributed by atoms with E-state index in [1.165, 1.54) is 37.7 Å². The molecule has 11 rings (SSSR count). The van der Waals surface area contributed by atoms with Crippen molar-refractivity contribution in [2.75, 3.05) is 9.80 Å². The molecule has 1 aromatic heterocycles. The van der Waals surface area contributed by atoms with E-state index in [-0.39, 0.29) is 0 Å². The molecule has 0 amide bonds. The molecule has 3 nitrogen and oxygen atoms in total. The lowest BCUT2D eigenvalue weighted by molar-refractivity contribution is 0.673. The van der Waals surface area contributed by atoms with Gasteiger partial charge in [-0.2, -0.15) is 0 Å². The third kappa shape index (κ3) is 5.13. The van der Waals surface area contributed by atoms with E-state index in [1.54, 1.807) is 0 Å². The first-order valence-corrected chi connectivity index (χ1v) is 18.8. The molecular formula is C52H34N2O. The number of hydrogen-bond acceptors (Lipinski definition) is 3. The molecule has 0 saturated carbocycles. The maximum atomic E-state index is 6.74. The molecule has 11 aromatic rings. The van der Waals surface area contributed by atoms with Gasteiger partial charge >= 0.3 is 0 Å². The number of hydrogen-bond donors (Lipinski definition) is 0. The zero-order valence-corrected chi connectivity index (χ0v) is 29.9. The van der Waals surface area contributed by atoms with Crippen LogP contribution in [-0.4, -0.2) is 0 Å². The number of rotatable bonds is 6. The molecule has 0 radical (unpaired) electrons. The minimum Gasteiger partial charge on any atom is -0.455 e. The van der Waals surface area contributed by atoms with E-state index in [4.69, 9.17) is 4.42 Å². The lowest BCUT2D eigenvalue weighted by atomic mass is 9.96. The molecule has 0 fully saturated rings. The summed E-state index contributed by atoms with van der Waals surface area (Å²) >= 11 is 0. The van der Waals surface area contributed by atoms with Gasteiger partial charge in [0.1, 0.15) is 11.2 Å². The van der Waals surface area contributed by atoms with Crippen LogP contribution in [0.25, 0.3) is 65.0 Å². The van der Waals surface area contributed by atoms with Crippen LogP contribution >= 0.6 is 0 Å². The molecule has 0 saturated heterocycles. The second-order valence-corrected chi connectivity index (χ2v) is 14.1. The van der Waals surface area contributed by atoms with Crippen molar-refractivity contribution < 1.29 is 4.42 Å². The molecule has 55 heavy (non-hydrogen) atoms. The third-order valence-corrected chi connectivity index (χ3v) is 10.9. The zero-order valence-electron chi connectivity index (χ0n) is 29.9. The highest BCUT2D eigenvalue weighted by molar-refractivity contribution is 6.30. The average Bonchev–Trinajstić information content (AvgIpc) is 3.65. The van der Waals surface area contributed by atoms with Crippen molar-refractivity contribution in [2.24, 2.45) is 0 Å². The van der Waals surface area contributed by atoms with E-state index >= 15 is 0 Å². The molecule has 0 atom stereocenters. The summed E-state index contributed by atoms with van der Waals surface area (Å²) in [6.07, 6.45) is 0. The fourth-order valence-corrected chi connectivity index (χ4v) is 8.46. The van der Waals surface area contributed by atoms with E-state index in [1.807, 2.05) is 6.07 Å². The summed E-state index contributed by atoms with van der Waals surface area (Å²) < 4.78 is 6.74. The normalized spacial score (nSPS) is 11.6. The number of anilines is 6. The summed E-state index contributed by atoms with van der Waals surface area (Å²) in [5, 5.41) is 11.8. The van der Waals surface area contributed by atoms with Gasteiger partial charge in [-0.15, -0.1) is 0 Å². The summed E-state index contributed by atoms with van der Waals surface area (Å²) in [4.78, 5) is 4.71. The van der Waals surface area contributed by atoms with Crippen molar-refractivity contribution in [3.8, 4) is 0 Å². The highest BCUT2D eigenvalue weighted by Gasteiger charge is 2.21. The molecule has 3 heteroatoms. The molecule has 0 aliphatic carbocycles. The number of furan rings is 1. The summed E-state index contributed by atoms with van der Waals surface area (Å²) in [6, 6.07) is 73.9. The topological polar surface area (TPSA) is 19.6 Å². The summed E-state index contributed by atoms with van der Waals surface area (Å²) in [5.41, 5.74) is 8.34. The zero-order chi connectivity index (χ0) is 36.3. The van der Waals surface area contributed by atoms with Crippen LogP contribution in [-0.2, 0) is 0 Å². The molecule has 258 valence electrons. The van der Waals surface area contributed by atoms with Crippen LogP contribution in [0, 0.1) is 0 Å². The monoisotopic (exact) mass is 702 g/mol. The van der Waals surface area contributed by atoms with Crippen LogP contribution in [0.1, 0.15) is 0 Å². The minimum absolute atomic E-state index is 0.898. The van der Waals surface area contributed by atoms with Crippen molar-refractivity contribution >= 4 is 99.2 Å². The van der Waals surface area contributed by atoms with E-state index in [2.05, 4.69) is 210 Å². The fourth-order valence-electron chi connectivity index (χ4n) is 8.46. The van der Waals surface area contributed by atoms with Crippen molar-refractivity contribution in [1.82, 2.24) is 0 Å². The Morgan fingerprint density at radius 1 is 0.291 bits per heavy atom. The van der Waals surface area contributed by atoms with Crippen LogP contribution in [0.4, 0.5) is 34.1 Å². The van der Waals surface area contributed by atoms with E-state index in [9.17, 15) is 0 Å². The molecule has 0 bridgehead atoms. The number of nitrogens with zero attached hydrogens (tertiary/aromatic N) is 2. The number of fused-ring (bicyclic) bond motifs is 10. The molecule has 0 spiro atoms. The van der Waals surface area contributed by atoms with E-state index in [0.29, 0.717) is 0 Å². The highest BCUT2D eigenvalue weighted by Crippen LogP contribution is 2.46. The van der Waals surface area contributed by atoms with Gasteiger partial charge in [0.2, 0.25) is 0 Å². The summed E-state index contributed by atoms with van der Waals surface area (Å²) in [5.74, 6) is 0. The van der Waals surface area contributed by atoms with Crippen molar-refractivity contribution in [1.29, 1.82) is 0 Å². The highest BCUT2D eigenvalue weighted by atomic mass is 16.3. The average molecular weight is 703 g/mol. The Labute approximate surface area is 318 Å². The number of para-hydroxylation sites is 3. The lowest BCUT2D eigenvalue weighted by Gasteiger charge is -2.29. The van der Waals surface area contributed by atoms with Gasteiger partial charge in [-0.25, -0.2) is 0 Å². The molecular weight excluding hydrogens is 669 g/mol. The fraction of sp³-hybridized carbons (Fsp3) is 0. The van der Waals surface area contributed by atoms with Crippen LogP contribution in [0.3, 0.4) is 0 Å². The standard InChI is InChI=1S/C52H34N2O/c1-3-17-38(18-4-1)53(39-19-5-2-6-20-39)40-26-28-41(29-27-40)54(49-24-13-16-37-32-35-14-7-8-15-36(35)33-47(37)49)42-30-31-44-43-21-9-10-22-45(43)51-46-23-11-12-25-50(46)55-52(51)48(44)34-42/h1-34H. The van der Waals surface area contributed by atoms with Gasteiger partial charge in [0.05, 0.1) is 5.69 Å². The Balaban J connectivity index is 1.16. The lowest BCUT2D eigenvalue weighted by Crippen LogP contribution is -2.12. The first kappa shape index (κ1) is 31.2. The van der Waals surface area contributed by atoms with Gasteiger partial charge in [-0.05, 0) is 117 Å². The van der Waals surface area contributed by atoms with Crippen molar-refractivity contribution in [2.45, 2.75) is 0 Å². The van der Waals surface area contributed by atoms with Crippen LogP contribution in [0.15, 0.2) is 211 Å². The second kappa shape index (κ2) is 12.6. The molecule has 0 aliphatic rings. The maximum absolute atomic E-state index is 6.74. The largest absolute Gasteiger partial charge is 0.455 e. The minimum atomic E-state index is 0.898. The molecule has 0 unspecified atom stereocenters. The maximum Gasteiger partial charge on any atom is 0.143 e. The van der Waals surface area contributed by atoms with Gasteiger partial charge in [0, 0.05) is 50.0 Å². The summed E-state index contributed by atoms with van der Waals surface area (Å²) in [7, 11) is 0. The molecule has 1 heterocycles. The van der Waals surface area contributed by atoms with Gasteiger partial charge in [0.15, 0.2) is 0 Å². The van der Waals surface area contributed by atoms with Crippen LogP contribution in [0.5, 0.6) is 0 Å². The number of benzene rings is 10. The third-order valence-electron chi connectivity index (χ3n) is 10.9. The molecule has 0 N–H and O–H groups in total. The Morgan fingerprint density at radius 3 is 1.55 bits per heavy atom. The van der Waals surface area contributed by atoms with E-state index < -0.39 is 0 Å². The SMILES string of the molecule is c1ccc(N(c2ccccc2)c2ccc(N(c3ccc4c5ccccc5c5c6ccccc6oc5c4c3)c3cccc4cc5ccccc5cc34)cc2)cc1. The first-order chi connectivity index (χ1) is 27.3. The summed E-state index contributed by atoms with van der Waals surface area (Å²) in [6.45, 7) is 0. The molecule has 0 aliphatic heterocycles. The predicted octanol–water partition coefficient (Wildman–Crippen LogP) is 15.1. The Bertz CT molecular complexity index is 3160. The van der Waals surface area contributed by atoms with E-state index in [0.717, 1.165) is 61.4 Å². The van der Waals surface area contributed by atoms with Gasteiger partial charge in [-0.3, -0.25) is 0 Å². The van der Waals surface area contributed by atoms with Crippen LogP contribution < -0.4 is 9.80 Å². The smallest absolute Gasteiger partial charge is 0.143 e. The Kier molecular flexibility index (Phi) is 7.17. The Hall–Kier alpha value is -7.36. The first-order valence-electron chi connectivity index (χ1n) is 18.8. The van der Waals surface area contributed by atoms with Crippen molar-refractivity contribution in [3.05, 3.63) is 206 Å². The molecule has 10 aromatic carbocycles. The van der Waals surface area contributed by atoms with Crippen LogP contribution in [0.2, 0.25) is 0 Å². The second-order valence-electron chi connectivity index (χ2n) is 14.1. The van der Waals surface area contributed by atoms with Gasteiger partial charge in [-0.1, -0.05) is 121 Å². The Morgan fingerprint density at radius 2 is 0.818 bits per heavy atom. The van der Waals surface area contributed by atoms with Gasteiger partial charge in [0.25, 0.3) is 0 Å². The quantitative estimate of drug-likeness (QED) is 0.127.